The first-order chi connectivity index (χ1) is 40.8. The van der Waals surface area contributed by atoms with E-state index in [0.717, 1.165) is 125 Å². The highest BCUT2D eigenvalue weighted by Crippen LogP contribution is 2.77. The van der Waals surface area contributed by atoms with E-state index < -0.39 is 64.7 Å². The van der Waals surface area contributed by atoms with Crippen molar-refractivity contribution in [1.29, 1.82) is 0 Å². The van der Waals surface area contributed by atoms with Gasteiger partial charge in [-0.15, -0.1) is 11.8 Å². The molecule has 0 radical (unpaired) electrons. The van der Waals surface area contributed by atoms with Gasteiger partial charge in [0.05, 0.1) is 10.6 Å². The van der Waals surface area contributed by atoms with Crippen molar-refractivity contribution < 1.29 is 49.2 Å². The lowest BCUT2D eigenvalue weighted by Gasteiger charge is -2.72. The van der Waals surface area contributed by atoms with Gasteiger partial charge in [-0.05, 0) is 165 Å². The van der Waals surface area contributed by atoms with Gasteiger partial charge < -0.3 is 24.9 Å². The van der Waals surface area contributed by atoms with Gasteiger partial charge in [-0.25, -0.2) is 21.6 Å². The molecule has 8 aliphatic rings. The molecular weight excluding hydrogens is 1160 g/mol. The summed E-state index contributed by atoms with van der Waals surface area (Å²) in [4.78, 5) is 60.7. The number of hydrogen-bond acceptors (Lipinski definition) is 14. The smallest absolute Gasteiger partial charge is 0.380 e. The van der Waals surface area contributed by atoms with E-state index in [1.165, 1.54) is 56.0 Å². The molecule has 4 aliphatic carbocycles. The number of halogens is 3. The molecule has 0 spiro atoms. The molecule has 2 atom stereocenters. The second-order valence-electron chi connectivity index (χ2n) is 26.2. The summed E-state index contributed by atoms with van der Waals surface area (Å²) in [5.74, 6) is -1.63. The lowest BCUT2D eigenvalue weighted by molar-refractivity contribution is -0.167. The molecule has 4 aliphatic heterocycles. The molecule has 3 saturated heterocycles. The first-order valence-electron chi connectivity index (χ1n) is 30.3. The Morgan fingerprint density at radius 2 is 1.48 bits per heavy atom. The lowest BCUT2D eigenvalue weighted by atomic mass is 9.33. The van der Waals surface area contributed by atoms with Crippen LogP contribution in [-0.2, 0) is 42.4 Å². The van der Waals surface area contributed by atoms with E-state index in [4.69, 9.17) is 0 Å². The van der Waals surface area contributed by atoms with E-state index in [9.17, 15) is 49.2 Å². The van der Waals surface area contributed by atoms with Gasteiger partial charge >= 0.3 is 5.51 Å². The number of hydrogen-bond donors (Lipinski definition) is 3. The van der Waals surface area contributed by atoms with Gasteiger partial charge in [-0.3, -0.25) is 29.4 Å². The predicted octanol–water partition coefficient (Wildman–Crippen LogP) is 9.28. The Kier molecular flexibility index (Phi) is 17.7. The number of fused-ring (bicyclic) bond motifs is 1. The van der Waals surface area contributed by atoms with Crippen LogP contribution in [0.1, 0.15) is 123 Å². The number of sulfone groups is 1. The highest BCUT2D eigenvalue weighted by atomic mass is 32.2. The third-order valence-electron chi connectivity index (χ3n) is 19.1. The molecule has 4 amide bonds. The molecule has 12 rings (SSSR count). The van der Waals surface area contributed by atoms with Crippen LogP contribution in [0, 0.1) is 16.2 Å². The second-order valence-corrected chi connectivity index (χ2v) is 30.9. The number of piperidine rings is 1. The molecule has 2 bridgehead atoms. The number of carbonyl (C=O) groups excluding carboxylic acids is 4. The Hall–Kier alpha value is -5.78. The van der Waals surface area contributed by atoms with Crippen molar-refractivity contribution in [2.24, 2.45) is 16.2 Å². The summed E-state index contributed by atoms with van der Waals surface area (Å²) >= 11 is 1.45. The number of benzene rings is 4. The van der Waals surface area contributed by atoms with Gasteiger partial charge in [-0.2, -0.15) is 13.2 Å². The largest absolute Gasteiger partial charge is 0.501 e. The van der Waals surface area contributed by atoms with Gasteiger partial charge in [0.2, 0.25) is 11.8 Å². The van der Waals surface area contributed by atoms with Crippen LogP contribution in [0.4, 0.5) is 24.5 Å². The summed E-state index contributed by atoms with van der Waals surface area (Å²) in [6.07, 6.45) is 11.2. The zero-order valence-electron chi connectivity index (χ0n) is 49.4. The number of unbranched alkanes of at least 4 members (excludes halogenated alkanes) is 1. The normalized spacial score (nSPS) is 24.2. The summed E-state index contributed by atoms with van der Waals surface area (Å²) in [5.41, 5.74) is 1.98. The summed E-state index contributed by atoms with van der Waals surface area (Å²) in [5, 5.41) is 5.41. The number of sulfonamides is 1. The maximum atomic E-state index is 14.5. The molecule has 6 fully saturated rings. The number of amides is 4. The Balaban J connectivity index is 0.680. The fraction of sp³-hybridized carbons (Fsp3) is 0.531. The SMILES string of the molecule is CC1(C)CCC(CN2CCN(c3ccc(C(=O)NS(=O)(=O)c4ccc(N[C@H](CCN5CCN(CCCCc6ccc7c(c6)CN(C6CCC(=O)NC6=O)C7=O)CC5)CSc5ccccc5)c(S(=O)(=O)C(F)(F)F)c4)cc3)CC2)=C(C23CC(C)(C2)C3)C1. The highest BCUT2D eigenvalue weighted by molar-refractivity contribution is 7.99. The number of nitrogens with zero attached hydrogens (tertiary/aromatic N) is 5. The number of allylic oxidation sites excluding steroid dienone is 1. The Labute approximate surface area is 508 Å². The first kappa shape index (κ1) is 61.9. The van der Waals surface area contributed by atoms with Crippen molar-refractivity contribution in [2.75, 3.05) is 88.0 Å². The molecule has 462 valence electrons. The number of alkyl halides is 3. The van der Waals surface area contributed by atoms with Crippen molar-refractivity contribution in [3.63, 3.8) is 0 Å². The Bertz CT molecular complexity index is 3470. The van der Waals surface area contributed by atoms with E-state index >= 15 is 0 Å². The average Bonchev–Trinajstić information content (AvgIpc) is 0.895. The number of anilines is 2. The molecule has 22 heteroatoms. The van der Waals surface area contributed by atoms with Gasteiger partial charge in [-0.1, -0.05) is 62.2 Å². The Morgan fingerprint density at radius 3 is 2.15 bits per heavy atom. The molecule has 1 unspecified atom stereocenters. The van der Waals surface area contributed by atoms with E-state index in [0.29, 0.717) is 59.6 Å². The minimum absolute atomic E-state index is 0.00665. The summed E-state index contributed by atoms with van der Waals surface area (Å²) in [6.45, 7) is 16.4. The standard InChI is InChI=1S/C64H79F3N8O8S3/c1-61(2)24-22-46(53(37-61)63-41-62(3,42-63)43-63)38-73-31-33-74(34-32-73)49-15-13-45(14-16-49)58(77)70-86(82,83)51-17-19-54(56(36-51)85(80,81)64(65,66)67)68-48(40-84-50-10-5-4-6-11-50)23-26-72-29-27-71(28-30-72)25-8-7-9-44-12-18-52-47(35-44)39-75(60(52)79)55-20-21-57(76)69-59(55)78/h4-6,10-19,35-36,48,55,68H,7-9,20-34,37-43H2,1-3H3,(H,70,77)(H,69,76,78)/t48-,55?,62?,63?/m1/s1. The highest BCUT2D eigenvalue weighted by Gasteiger charge is 2.67. The summed E-state index contributed by atoms with van der Waals surface area (Å²) < 4.78 is 99.8. The molecule has 4 aromatic rings. The number of rotatable bonds is 22. The number of aryl methyl sites for hydroxylation is 1. The Morgan fingerprint density at radius 1 is 0.791 bits per heavy atom. The molecule has 16 nitrogen and oxygen atoms in total. The van der Waals surface area contributed by atoms with Crippen molar-refractivity contribution in [1.82, 2.24) is 29.6 Å². The predicted molar refractivity (Wildman–Crippen MR) is 326 cm³/mol. The molecule has 0 aromatic heterocycles. The van der Waals surface area contributed by atoms with Gasteiger partial charge in [0.1, 0.15) is 10.9 Å². The molecule has 3 N–H and O–H groups in total. The van der Waals surface area contributed by atoms with Crippen molar-refractivity contribution in [3.05, 3.63) is 124 Å². The fourth-order valence-electron chi connectivity index (χ4n) is 14.5. The molecule has 4 heterocycles. The van der Waals surface area contributed by atoms with Crippen LogP contribution < -0.4 is 20.3 Å². The summed E-state index contributed by atoms with van der Waals surface area (Å²) in [6, 6.07) is 23.0. The maximum Gasteiger partial charge on any atom is 0.501 e. The van der Waals surface area contributed by atoms with Crippen molar-refractivity contribution in [3.8, 4) is 0 Å². The number of carbonyl (C=O) groups is 4. The topological polar surface area (TPSA) is 189 Å². The van der Waals surface area contributed by atoms with Crippen LogP contribution >= 0.6 is 11.8 Å². The number of piperazine rings is 2. The minimum Gasteiger partial charge on any atom is -0.380 e. The zero-order valence-corrected chi connectivity index (χ0v) is 51.8. The summed E-state index contributed by atoms with van der Waals surface area (Å²) in [7, 11) is -11.0. The van der Waals surface area contributed by atoms with Gasteiger partial charge in [0.15, 0.2) is 0 Å². The third-order valence-corrected chi connectivity index (χ3v) is 23.1. The third kappa shape index (κ3) is 13.6. The number of thioether (sulfide) groups is 1. The van der Waals surface area contributed by atoms with Gasteiger partial charge in [0, 0.05) is 112 Å². The van der Waals surface area contributed by atoms with E-state index in [1.54, 1.807) is 28.2 Å². The van der Waals surface area contributed by atoms with E-state index in [-0.39, 0.29) is 23.8 Å². The average molecular weight is 1240 g/mol. The van der Waals surface area contributed by atoms with Crippen molar-refractivity contribution in [2.45, 2.75) is 137 Å². The van der Waals surface area contributed by atoms with Crippen molar-refractivity contribution >= 4 is 66.6 Å². The maximum absolute atomic E-state index is 14.5. The van der Waals surface area contributed by atoms with Crippen LogP contribution in [0.2, 0.25) is 0 Å². The molecule has 4 aromatic carbocycles. The van der Waals surface area contributed by atoms with Crippen LogP contribution in [0.25, 0.3) is 0 Å². The monoisotopic (exact) mass is 1240 g/mol. The van der Waals surface area contributed by atoms with E-state index in [2.05, 4.69) is 51.0 Å². The first-order valence-corrected chi connectivity index (χ1v) is 34.3. The molecule has 86 heavy (non-hydrogen) atoms. The van der Waals surface area contributed by atoms with Crippen LogP contribution in [-0.4, -0.2) is 155 Å². The van der Waals surface area contributed by atoms with Crippen LogP contribution in [0.15, 0.2) is 117 Å². The number of imide groups is 1. The van der Waals surface area contributed by atoms with Crippen LogP contribution in [0.3, 0.4) is 0 Å². The quantitative estimate of drug-likeness (QED) is 0.0292. The zero-order chi connectivity index (χ0) is 60.8. The molecule has 3 saturated carbocycles. The minimum atomic E-state index is -6.11. The number of nitrogens with one attached hydrogen (secondary N) is 3. The fourth-order valence-corrected chi connectivity index (χ4v) is 17.5. The van der Waals surface area contributed by atoms with Gasteiger partial charge in [0.25, 0.3) is 31.7 Å². The van der Waals surface area contributed by atoms with Crippen LogP contribution in [0.5, 0.6) is 0 Å². The van der Waals surface area contributed by atoms with E-state index in [1.807, 2.05) is 53.3 Å². The lowest BCUT2D eigenvalue weighted by Crippen LogP contribution is -2.61. The second kappa shape index (κ2) is 24.7. The molecular formula is C64H79F3N8O8S3.